The molecular formula is C12H12ClN3O2S. The summed E-state index contributed by atoms with van der Waals surface area (Å²) in [7, 11) is 1.48. The Morgan fingerprint density at radius 3 is 2.79 bits per heavy atom. The molecule has 1 aromatic heterocycles. The second-order valence-electron chi connectivity index (χ2n) is 3.91. The molecule has 1 aromatic carbocycles. The van der Waals surface area contributed by atoms with E-state index in [4.69, 9.17) is 11.6 Å². The maximum absolute atomic E-state index is 11.6. The van der Waals surface area contributed by atoms with Crippen molar-refractivity contribution in [3.63, 3.8) is 0 Å². The van der Waals surface area contributed by atoms with Gasteiger partial charge >= 0.3 is 0 Å². The van der Waals surface area contributed by atoms with Gasteiger partial charge in [-0.25, -0.2) is 0 Å². The molecule has 0 unspecified atom stereocenters. The number of anilines is 2. The molecule has 0 radical (unpaired) electrons. The number of carbonyl (C=O) groups excluding carboxylic acids is 1. The number of nitrogens with one attached hydrogen (secondary N) is 3. The van der Waals surface area contributed by atoms with Gasteiger partial charge in [-0.05, 0) is 36.2 Å². The molecule has 0 bridgehead atoms. The van der Waals surface area contributed by atoms with Gasteiger partial charge < -0.3 is 10.6 Å². The molecule has 2 rings (SSSR count). The highest BCUT2D eigenvalue weighted by atomic mass is 35.5. The first-order valence-corrected chi connectivity index (χ1v) is 6.69. The first-order chi connectivity index (χ1) is 9.02. The second-order valence-corrected chi connectivity index (χ2v) is 5.13. The van der Waals surface area contributed by atoms with Crippen LogP contribution in [0.4, 0.5) is 10.7 Å². The smallest absolute Gasteiger partial charge is 0.273 e. The van der Waals surface area contributed by atoms with E-state index in [0.29, 0.717) is 10.0 Å². The molecule has 0 atom stereocenters. The van der Waals surface area contributed by atoms with Gasteiger partial charge in [-0.1, -0.05) is 17.7 Å². The minimum Gasteiger partial charge on any atom is -0.355 e. The minimum absolute atomic E-state index is 0.0733. The molecule has 1 amide bonds. The van der Waals surface area contributed by atoms with E-state index in [1.54, 1.807) is 6.07 Å². The molecule has 7 heteroatoms. The largest absolute Gasteiger partial charge is 0.355 e. The molecule has 0 spiro atoms. The number of hydrogen-bond acceptors (Lipinski definition) is 4. The second kappa shape index (κ2) is 5.46. The summed E-state index contributed by atoms with van der Waals surface area (Å²) in [5.41, 5.74) is 1.34. The van der Waals surface area contributed by atoms with E-state index < -0.39 is 11.5 Å². The van der Waals surface area contributed by atoms with Crippen LogP contribution in [0.2, 0.25) is 5.02 Å². The van der Waals surface area contributed by atoms with Crippen LogP contribution in [0.1, 0.15) is 15.9 Å². The van der Waals surface area contributed by atoms with Crippen LogP contribution in [0.15, 0.2) is 23.0 Å². The lowest BCUT2D eigenvalue weighted by atomic mass is 10.2. The molecule has 0 aliphatic rings. The van der Waals surface area contributed by atoms with Gasteiger partial charge in [-0.15, -0.1) is 0 Å². The van der Waals surface area contributed by atoms with E-state index in [9.17, 15) is 9.59 Å². The third-order valence-electron chi connectivity index (χ3n) is 2.58. The molecule has 2 aromatic rings. The molecule has 3 N–H and O–H groups in total. The highest BCUT2D eigenvalue weighted by Gasteiger charge is 2.17. The van der Waals surface area contributed by atoms with Crippen LogP contribution < -0.4 is 16.2 Å². The van der Waals surface area contributed by atoms with Crippen LogP contribution in [0, 0.1) is 6.92 Å². The maximum atomic E-state index is 11.6. The van der Waals surface area contributed by atoms with E-state index in [1.807, 2.05) is 19.1 Å². The van der Waals surface area contributed by atoms with Gasteiger partial charge in [0, 0.05) is 17.8 Å². The Morgan fingerprint density at radius 2 is 2.16 bits per heavy atom. The van der Waals surface area contributed by atoms with Gasteiger partial charge in [-0.3, -0.25) is 14.0 Å². The number of benzene rings is 1. The number of halogens is 1. The van der Waals surface area contributed by atoms with Crippen LogP contribution in [0.3, 0.4) is 0 Å². The van der Waals surface area contributed by atoms with Gasteiger partial charge in [0.05, 0.1) is 0 Å². The van der Waals surface area contributed by atoms with Crippen molar-refractivity contribution in [1.29, 1.82) is 0 Å². The molecular weight excluding hydrogens is 286 g/mol. The quantitative estimate of drug-likeness (QED) is 0.815. The molecule has 0 saturated heterocycles. The Hall–Kier alpha value is -1.79. The van der Waals surface area contributed by atoms with Gasteiger partial charge in [-0.2, -0.15) is 0 Å². The van der Waals surface area contributed by atoms with Crippen molar-refractivity contribution in [3.05, 3.63) is 44.7 Å². The summed E-state index contributed by atoms with van der Waals surface area (Å²) < 4.78 is 2.53. The Kier molecular flexibility index (Phi) is 3.92. The van der Waals surface area contributed by atoms with Crippen LogP contribution >= 0.6 is 23.1 Å². The zero-order valence-electron chi connectivity index (χ0n) is 10.3. The lowest BCUT2D eigenvalue weighted by Gasteiger charge is -2.07. The standard InChI is InChI=1S/C12H12ClN3O2S/c1-6-3-4-7(5-8(6)13)15-12-9(10(17)14-2)11(18)16-19-12/h3-5,15H,1-2H3,(H,14,17)(H,16,18). The number of aryl methyl sites for hydroxylation is 1. The third-order valence-corrected chi connectivity index (χ3v) is 3.79. The number of aromatic amines is 1. The van der Waals surface area contributed by atoms with Crippen LogP contribution in [0.5, 0.6) is 0 Å². The number of amides is 1. The highest BCUT2D eigenvalue weighted by Crippen LogP contribution is 2.26. The van der Waals surface area contributed by atoms with Crippen molar-refractivity contribution in [2.45, 2.75) is 6.92 Å². The summed E-state index contributed by atoms with van der Waals surface area (Å²) in [5, 5.41) is 6.54. The van der Waals surface area contributed by atoms with Crippen molar-refractivity contribution in [2.75, 3.05) is 12.4 Å². The molecule has 0 saturated carbocycles. The molecule has 0 aliphatic carbocycles. The van der Waals surface area contributed by atoms with Crippen molar-refractivity contribution in [3.8, 4) is 0 Å². The predicted octanol–water partition coefficient (Wildman–Crippen LogP) is 2.50. The van der Waals surface area contributed by atoms with E-state index in [0.717, 1.165) is 22.8 Å². The molecule has 19 heavy (non-hydrogen) atoms. The maximum Gasteiger partial charge on any atom is 0.273 e. The average Bonchev–Trinajstić information content (AvgIpc) is 2.74. The Balaban J connectivity index is 2.36. The number of carbonyl (C=O) groups is 1. The summed E-state index contributed by atoms with van der Waals surface area (Å²) in [6, 6.07) is 5.44. The van der Waals surface area contributed by atoms with E-state index in [-0.39, 0.29) is 5.56 Å². The average molecular weight is 298 g/mol. The van der Waals surface area contributed by atoms with Gasteiger partial charge in [0.25, 0.3) is 11.5 Å². The fraction of sp³-hybridized carbons (Fsp3) is 0.167. The summed E-state index contributed by atoms with van der Waals surface area (Å²) >= 11 is 7.10. The highest BCUT2D eigenvalue weighted by molar-refractivity contribution is 7.10. The zero-order chi connectivity index (χ0) is 14.0. The number of hydrogen-bond donors (Lipinski definition) is 3. The van der Waals surface area contributed by atoms with Gasteiger partial charge in [0.15, 0.2) is 0 Å². The van der Waals surface area contributed by atoms with Crippen molar-refractivity contribution in [1.82, 2.24) is 9.69 Å². The lowest BCUT2D eigenvalue weighted by Crippen LogP contribution is -2.24. The Bertz CT molecular complexity index is 678. The topological polar surface area (TPSA) is 74.0 Å². The van der Waals surface area contributed by atoms with Gasteiger partial charge in [0.2, 0.25) is 0 Å². The van der Waals surface area contributed by atoms with E-state index in [2.05, 4.69) is 15.0 Å². The molecule has 0 aliphatic heterocycles. The summed E-state index contributed by atoms with van der Waals surface area (Å²) in [6.45, 7) is 1.90. The zero-order valence-corrected chi connectivity index (χ0v) is 11.9. The molecule has 5 nitrogen and oxygen atoms in total. The summed E-state index contributed by atoms with van der Waals surface area (Å²) in [5.74, 6) is -0.428. The Labute approximate surface area is 118 Å². The third kappa shape index (κ3) is 2.80. The first kappa shape index (κ1) is 13.6. The number of aromatic nitrogens is 1. The number of H-pyrrole nitrogens is 1. The molecule has 1 heterocycles. The fourth-order valence-corrected chi connectivity index (χ4v) is 2.46. The van der Waals surface area contributed by atoms with Crippen LogP contribution in [-0.4, -0.2) is 17.3 Å². The first-order valence-electron chi connectivity index (χ1n) is 5.49. The van der Waals surface area contributed by atoms with E-state index >= 15 is 0 Å². The van der Waals surface area contributed by atoms with Crippen LogP contribution in [-0.2, 0) is 0 Å². The molecule has 100 valence electrons. The fourth-order valence-electron chi connectivity index (χ4n) is 1.52. The molecule has 0 fully saturated rings. The predicted molar refractivity (Wildman–Crippen MR) is 77.8 cm³/mol. The summed E-state index contributed by atoms with van der Waals surface area (Å²) in [4.78, 5) is 23.2. The normalized spacial score (nSPS) is 10.3. The SMILES string of the molecule is CNC(=O)c1c(Nc2ccc(C)c(Cl)c2)s[nH]c1=O. The van der Waals surface area contributed by atoms with Crippen molar-refractivity contribution < 1.29 is 4.79 Å². The number of rotatable bonds is 3. The lowest BCUT2D eigenvalue weighted by molar-refractivity contribution is 0.0963. The van der Waals surface area contributed by atoms with Crippen molar-refractivity contribution in [2.24, 2.45) is 0 Å². The minimum atomic E-state index is -0.428. The van der Waals surface area contributed by atoms with E-state index in [1.165, 1.54) is 7.05 Å². The summed E-state index contributed by atoms with van der Waals surface area (Å²) in [6.07, 6.45) is 0. The Morgan fingerprint density at radius 1 is 1.42 bits per heavy atom. The van der Waals surface area contributed by atoms with Crippen LogP contribution in [0.25, 0.3) is 0 Å². The monoisotopic (exact) mass is 297 g/mol. The van der Waals surface area contributed by atoms with Gasteiger partial charge in [0.1, 0.15) is 10.6 Å². The van der Waals surface area contributed by atoms with Crippen molar-refractivity contribution >= 4 is 39.7 Å².